The summed E-state index contributed by atoms with van der Waals surface area (Å²) in [7, 11) is 0. The van der Waals surface area contributed by atoms with Gasteiger partial charge in [0, 0.05) is 12.1 Å². The summed E-state index contributed by atoms with van der Waals surface area (Å²) < 4.78 is 5.32. The summed E-state index contributed by atoms with van der Waals surface area (Å²) in [5.41, 5.74) is 1.71. The second-order valence-electron chi connectivity index (χ2n) is 6.54. The third kappa shape index (κ3) is 7.21. The maximum atomic E-state index is 12.1. The van der Waals surface area contributed by atoms with Crippen molar-refractivity contribution in [1.82, 2.24) is 0 Å². The topological polar surface area (TPSA) is 99.5 Å². The first-order chi connectivity index (χ1) is 12.0. The van der Waals surface area contributed by atoms with E-state index >= 15 is 0 Å². The summed E-state index contributed by atoms with van der Waals surface area (Å²) in [6, 6.07) is 6.56. The molecule has 1 fully saturated rings. The first kappa shape index (κ1) is 19.4. The van der Waals surface area contributed by atoms with Crippen molar-refractivity contribution in [3.05, 3.63) is 29.8 Å². The van der Waals surface area contributed by atoms with Crippen LogP contribution in [0.4, 0.5) is 5.69 Å². The van der Waals surface area contributed by atoms with Crippen LogP contribution in [-0.2, 0) is 14.3 Å². The summed E-state index contributed by atoms with van der Waals surface area (Å²) in [6.45, 7) is 7.19. The number of amides is 1. The quantitative estimate of drug-likeness (QED) is 0.422. The van der Waals surface area contributed by atoms with Gasteiger partial charge >= 0.3 is 0 Å². The number of nitrogens with two attached hydrogens (primary N) is 1. The van der Waals surface area contributed by atoms with Crippen molar-refractivity contribution in [3.63, 3.8) is 0 Å². The molecule has 7 nitrogen and oxygen atoms in total. The Kier molecular flexibility index (Phi) is 7.84. The highest BCUT2D eigenvalue weighted by atomic mass is 16.5. The van der Waals surface area contributed by atoms with E-state index in [4.69, 9.17) is 4.74 Å². The summed E-state index contributed by atoms with van der Waals surface area (Å²) in [6.07, 6.45) is 0.805. The van der Waals surface area contributed by atoms with Gasteiger partial charge in [0.2, 0.25) is 5.91 Å². The van der Waals surface area contributed by atoms with Crippen molar-refractivity contribution < 1.29 is 29.6 Å². The summed E-state index contributed by atoms with van der Waals surface area (Å²) >= 11 is 0. The van der Waals surface area contributed by atoms with E-state index in [0.717, 1.165) is 44.8 Å². The Morgan fingerprint density at radius 1 is 1.36 bits per heavy atom. The smallest absolute Gasteiger partial charge is 0.230 e. The lowest BCUT2D eigenvalue weighted by Gasteiger charge is -2.23. The number of morpholine rings is 1. The summed E-state index contributed by atoms with van der Waals surface area (Å²) in [4.78, 5) is 24.9. The molecule has 1 saturated heterocycles. The van der Waals surface area contributed by atoms with Crippen molar-refractivity contribution in [2.45, 2.75) is 25.8 Å². The number of rotatable bonds is 9. The number of carboxylic acids is 1. The average Bonchev–Trinajstić information content (AvgIpc) is 2.58. The summed E-state index contributed by atoms with van der Waals surface area (Å²) in [5, 5.41) is 15.7. The number of anilines is 1. The van der Waals surface area contributed by atoms with Gasteiger partial charge in [0.25, 0.3) is 0 Å². The monoisotopic (exact) mass is 350 g/mol. The minimum absolute atomic E-state index is 0.0965. The molecule has 0 saturated carbocycles. The normalized spacial score (nSPS) is 16.4. The standard InChI is InChI=1S/C18H27N3O4/c1-14-4-2-5-15(12-14)20-17(22)13-16(18(23)24)19-6-3-7-21-8-10-25-11-9-21/h2,4-5,12,16,19H,3,6-11,13H2,1H3,(H,20,22)(H,23,24)/p+1/t16-/m0/s1. The average molecular weight is 350 g/mol. The number of aliphatic carboxylic acids is 1. The number of quaternary nitrogens is 2. The molecule has 0 aliphatic carbocycles. The molecule has 7 heteroatoms. The molecule has 0 radical (unpaired) electrons. The molecule has 1 heterocycles. The highest BCUT2D eigenvalue weighted by Gasteiger charge is 2.19. The lowest BCUT2D eigenvalue weighted by molar-refractivity contribution is -0.909. The molecule has 1 atom stereocenters. The molecule has 1 aliphatic rings. The second kappa shape index (κ2) is 10.1. The molecular weight excluding hydrogens is 322 g/mol. The third-order valence-electron chi connectivity index (χ3n) is 4.40. The van der Waals surface area contributed by atoms with E-state index in [2.05, 4.69) is 5.32 Å². The fourth-order valence-electron chi connectivity index (χ4n) is 2.98. The number of carboxylic acid groups (broad SMARTS) is 1. The Balaban J connectivity index is 1.71. The lowest BCUT2D eigenvalue weighted by Crippen LogP contribution is -3.14. The maximum absolute atomic E-state index is 12.1. The van der Waals surface area contributed by atoms with Gasteiger partial charge in [-0.2, -0.15) is 0 Å². The summed E-state index contributed by atoms with van der Waals surface area (Å²) in [5.74, 6) is -1.51. The van der Waals surface area contributed by atoms with Crippen molar-refractivity contribution in [1.29, 1.82) is 0 Å². The van der Waals surface area contributed by atoms with E-state index in [9.17, 15) is 14.7 Å². The fourth-order valence-corrected chi connectivity index (χ4v) is 2.98. The SMILES string of the molecule is Cc1cccc(NC(=O)C[C@H]([NH2+]CCC[NH+]2CCOCC2)C(=O)[O-])c1. The maximum Gasteiger partial charge on any atom is 0.230 e. The van der Waals surface area contributed by atoms with Gasteiger partial charge in [-0.15, -0.1) is 0 Å². The van der Waals surface area contributed by atoms with E-state index in [1.54, 1.807) is 11.4 Å². The molecule has 0 aromatic heterocycles. The van der Waals surface area contributed by atoms with E-state index in [-0.39, 0.29) is 12.3 Å². The molecule has 1 aromatic carbocycles. The van der Waals surface area contributed by atoms with Crippen LogP contribution in [0.25, 0.3) is 0 Å². The van der Waals surface area contributed by atoms with Crippen molar-refractivity contribution in [3.8, 4) is 0 Å². The highest BCUT2D eigenvalue weighted by molar-refractivity contribution is 5.93. The minimum Gasteiger partial charge on any atom is -0.544 e. The highest BCUT2D eigenvalue weighted by Crippen LogP contribution is 2.09. The van der Waals surface area contributed by atoms with Crippen LogP contribution in [0.5, 0.6) is 0 Å². The van der Waals surface area contributed by atoms with Gasteiger partial charge in [0.1, 0.15) is 19.1 Å². The minimum atomic E-state index is -1.20. The Hall–Kier alpha value is -1.96. The number of benzene rings is 1. The molecule has 1 aliphatic heterocycles. The Morgan fingerprint density at radius 3 is 2.80 bits per heavy atom. The Bertz CT molecular complexity index is 573. The van der Waals surface area contributed by atoms with Crippen molar-refractivity contribution in [2.24, 2.45) is 0 Å². The van der Waals surface area contributed by atoms with Crippen LogP contribution in [0.3, 0.4) is 0 Å². The van der Waals surface area contributed by atoms with E-state index in [1.807, 2.05) is 25.1 Å². The van der Waals surface area contributed by atoms with Crippen LogP contribution >= 0.6 is 0 Å². The first-order valence-corrected chi connectivity index (χ1v) is 8.86. The third-order valence-corrected chi connectivity index (χ3v) is 4.40. The predicted molar refractivity (Wildman–Crippen MR) is 91.0 cm³/mol. The van der Waals surface area contributed by atoms with Gasteiger partial charge in [0.15, 0.2) is 0 Å². The van der Waals surface area contributed by atoms with Gasteiger partial charge in [-0.3, -0.25) is 4.79 Å². The van der Waals surface area contributed by atoms with Gasteiger partial charge in [-0.05, 0) is 24.6 Å². The molecule has 25 heavy (non-hydrogen) atoms. The molecule has 1 aromatic rings. The first-order valence-electron chi connectivity index (χ1n) is 8.86. The molecule has 2 rings (SSSR count). The molecule has 0 unspecified atom stereocenters. The van der Waals surface area contributed by atoms with Crippen LogP contribution in [0.1, 0.15) is 18.4 Å². The zero-order valence-electron chi connectivity index (χ0n) is 14.8. The zero-order valence-corrected chi connectivity index (χ0v) is 14.8. The van der Waals surface area contributed by atoms with Gasteiger partial charge in [-0.25, -0.2) is 0 Å². The molecule has 0 spiro atoms. The lowest BCUT2D eigenvalue weighted by atomic mass is 10.1. The molecular formula is C18H28N3O4+. The van der Waals surface area contributed by atoms with Crippen LogP contribution in [0.2, 0.25) is 0 Å². The van der Waals surface area contributed by atoms with Crippen LogP contribution < -0.4 is 20.6 Å². The Labute approximate surface area is 148 Å². The largest absolute Gasteiger partial charge is 0.544 e. The van der Waals surface area contributed by atoms with Gasteiger partial charge in [-0.1, -0.05) is 12.1 Å². The number of carbonyl (C=O) groups excluding carboxylic acids is 2. The van der Waals surface area contributed by atoms with E-state index in [1.165, 1.54) is 4.90 Å². The van der Waals surface area contributed by atoms with Gasteiger partial charge < -0.3 is 30.2 Å². The number of carbonyl (C=O) groups is 2. The molecule has 138 valence electrons. The number of ether oxygens (including phenoxy) is 1. The zero-order chi connectivity index (χ0) is 18.1. The molecule has 0 bridgehead atoms. The number of hydrogen-bond donors (Lipinski definition) is 3. The Morgan fingerprint density at radius 2 is 2.12 bits per heavy atom. The number of hydrogen-bond acceptors (Lipinski definition) is 4. The number of aryl methyl sites for hydroxylation is 1. The molecule has 4 N–H and O–H groups in total. The second-order valence-corrected chi connectivity index (χ2v) is 6.54. The van der Waals surface area contributed by atoms with Gasteiger partial charge in [0.05, 0.1) is 38.7 Å². The van der Waals surface area contributed by atoms with Crippen LogP contribution in [0, 0.1) is 6.92 Å². The fraction of sp³-hybridized carbons (Fsp3) is 0.556. The predicted octanol–water partition coefficient (Wildman–Crippen LogP) is -2.69. The van der Waals surface area contributed by atoms with Crippen LogP contribution in [-0.4, -0.2) is 57.3 Å². The van der Waals surface area contributed by atoms with Crippen LogP contribution in [0.15, 0.2) is 24.3 Å². The molecule has 1 amide bonds. The van der Waals surface area contributed by atoms with E-state index < -0.39 is 12.0 Å². The van der Waals surface area contributed by atoms with Crippen molar-refractivity contribution in [2.75, 3.05) is 44.7 Å². The van der Waals surface area contributed by atoms with Crippen molar-refractivity contribution >= 4 is 17.6 Å². The van der Waals surface area contributed by atoms with E-state index in [0.29, 0.717) is 12.2 Å². The number of nitrogens with one attached hydrogen (secondary N) is 2.